The van der Waals surface area contributed by atoms with Crippen molar-refractivity contribution in [3.63, 3.8) is 0 Å². The van der Waals surface area contributed by atoms with Crippen LogP contribution in [-0.4, -0.2) is 25.3 Å². The Bertz CT molecular complexity index is 771. The van der Waals surface area contributed by atoms with Crippen LogP contribution in [0.1, 0.15) is 65.6 Å². The highest BCUT2D eigenvalue weighted by Crippen LogP contribution is 2.41. The van der Waals surface area contributed by atoms with Gasteiger partial charge >= 0.3 is 0 Å². The quantitative estimate of drug-likeness (QED) is 0.321. The number of benzene rings is 2. The van der Waals surface area contributed by atoms with E-state index in [0.29, 0.717) is 22.5 Å². The zero-order chi connectivity index (χ0) is 20.0. The number of ether oxygens (including phenoxy) is 1. The van der Waals surface area contributed by atoms with E-state index in [1.165, 1.54) is 5.56 Å². The van der Waals surface area contributed by atoms with E-state index >= 15 is 0 Å². The van der Waals surface area contributed by atoms with Crippen molar-refractivity contribution < 1.29 is 14.3 Å². The fourth-order valence-corrected chi connectivity index (χ4v) is 4.37. The third-order valence-corrected chi connectivity index (χ3v) is 5.77. The standard InChI is InChI=1S/C23H29O3P/c1-23(2,3)15-22(27-5)18-8-6-16(7-9-18)20(24)14-21(25)17-10-12-19(26-4)13-11-17/h6-13,22,27H,14-15H2,1-5H3. The maximum absolute atomic E-state index is 12.5. The summed E-state index contributed by atoms with van der Waals surface area (Å²) in [4.78, 5) is 24.8. The minimum atomic E-state index is -0.174. The summed E-state index contributed by atoms with van der Waals surface area (Å²) >= 11 is 0. The Hall–Kier alpha value is -1.99. The number of rotatable bonds is 8. The molecule has 0 radical (unpaired) electrons. The summed E-state index contributed by atoms with van der Waals surface area (Å²) in [5.74, 6) is 0.371. The van der Waals surface area contributed by atoms with Crippen LogP contribution in [-0.2, 0) is 0 Å². The number of hydrogen-bond donors (Lipinski definition) is 0. The molecular formula is C23H29O3P. The third-order valence-electron chi connectivity index (χ3n) is 4.53. The molecule has 2 aromatic rings. The van der Waals surface area contributed by atoms with E-state index in [2.05, 4.69) is 27.4 Å². The van der Waals surface area contributed by atoms with Gasteiger partial charge in [0, 0.05) is 16.8 Å². The first-order chi connectivity index (χ1) is 12.7. The molecule has 0 saturated heterocycles. The lowest BCUT2D eigenvalue weighted by atomic mass is 9.88. The van der Waals surface area contributed by atoms with E-state index in [0.717, 1.165) is 15.0 Å². The average Bonchev–Trinajstić information content (AvgIpc) is 2.65. The largest absolute Gasteiger partial charge is 0.497 e. The summed E-state index contributed by atoms with van der Waals surface area (Å²) in [7, 11) is 2.40. The van der Waals surface area contributed by atoms with Gasteiger partial charge < -0.3 is 4.74 Å². The van der Waals surface area contributed by atoms with Crippen molar-refractivity contribution in [1.29, 1.82) is 0 Å². The van der Waals surface area contributed by atoms with Crippen molar-refractivity contribution in [2.24, 2.45) is 5.41 Å². The predicted molar refractivity (Wildman–Crippen MR) is 114 cm³/mol. The zero-order valence-corrected chi connectivity index (χ0v) is 17.8. The van der Waals surface area contributed by atoms with Gasteiger partial charge in [0.15, 0.2) is 11.6 Å². The second kappa shape index (κ2) is 9.28. The zero-order valence-electron chi connectivity index (χ0n) is 16.8. The van der Waals surface area contributed by atoms with Crippen molar-refractivity contribution in [3.8, 4) is 5.75 Å². The van der Waals surface area contributed by atoms with Crippen molar-refractivity contribution in [2.45, 2.75) is 39.3 Å². The highest BCUT2D eigenvalue weighted by atomic mass is 31.1. The van der Waals surface area contributed by atoms with Crippen LogP contribution < -0.4 is 4.74 Å². The molecule has 0 aliphatic carbocycles. The third kappa shape index (κ3) is 6.29. The number of Topliss-reactive ketones (excluding diaryl/α,β-unsaturated/α-hetero) is 2. The lowest BCUT2D eigenvalue weighted by Crippen LogP contribution is -2.10. The molecule has 144 valence electrons. The lowest BCUT2D eigenvalue weighted by Gasteiger charge is -2.25. The topological polar surface area (TPSA) is 43.4 Å². The van der Waals surface area contributed by atoms with Gasteiger partial charge in [-0.25, -0.2) is 0 Å². The molecule has 0 aliphatic rings. The Morgan fingerprint density at radius 3 is 1.81 bits per heavy atom. The van der Waals surface area contributed by atoms with Gasteiger partial charge in [-0.15, -0.1) is 8.58 Å². The second-order valence-electron chi connectivity index (χ2n) is 7.98. The highest BCUT2D eigenvalue weighted by molar-refractivity contribution is 7.37. The van der Waals surface area contributed by atoms with Crippen molar-refractivity contribution in [1.82, 2.24) is 0 Å². The highest BCUT2D eigenvalue weighted by Gasteiger charge is 2.20. The van der Waals surface area contributed by atoms with E-state index in [4.69, 9.17) is 4.74 Å². The summed E-state index contributed by atoms with van der Waals surface area (Å²) < 4.78 is 5.09. The van der Waals surface area contributed by atoms with E-state index < -0.39 is 0 Å². The summed E-state index contributed by atoms with van der Waals surface area (Å²) in [5.41, 5.74) is 3.17. The number of carbonyl (C=O) groups is 2. The van der Waals surface area contributed by atoms with Gasteiger partial charge in [-0.1, -0.05) is 45.0 Å². The molecule has 2 aromatic carbocycles. The summed E-state index contributed by atoms with van der Waals surface area (Å²) in [6, 6.07) is 14.6. The lowest BCUT2D eigenvalue weighted by molar-refractivity contribution is 0.0894. The first-order valence-corrected chi connectivity index (χ1v) is 10.8. The molecule has 27 heavy (non-hydrogen) atoms. The molecule has 0 fully saturated rings. The van der Waals surface area contributed by atoms with Crippen LogP contribution in [0.3, 0.4) is 0 Å². The van der Waals surface area contributed by atoms with E-state index in [9.17, 15) is 9.59 Å². The number of hydrogen-bond acceptors (Lipinski definition) is 3. The normalized spacial score (nSPS) is 12.9. The molecule has 2 unspecified atom stereocenters. The Balaban J connectivity index is 2.05. The monoisotopic (exact) mass is 384 g/mol. The number of methoxy groups -OCH3 is 1. The maximum Gasteiger partial charge on any atom is 0.170 e. The van der Waals surface area contributed by atoms with Crippen LogP contribution in [0, 0.1) is 5.41 Å². The number of carbonyl (C=O) groups excluding carboxylic acids is 2. The molecule has 0 heterocycles. The molecule has 2 atom stereocenters. The Morgan fingerprint density at radius 2 is 1.41 bits per heavy atom. The molecule has 0 bridgehead atoms. The molecule has 0 spiro atoms. The molecule has 0 aromatic heterocycles. The fourth-order valence-electron chi connectivity index (χ4n) is 3.03. The summed E-state index contributed by atoms with van der Waals surface area (Å²) in [5, 5.41) is 0. The SMILES string of the molecule is COc1ccc(C(=O)CC(=O)c2ccc(C(CC(C)(C)C)PC)cc2)cc1. The molecule has 2 rings (SSSR count). The maximum atomic E-state index is 12.5. The van der Waals surface area contributed by atoms with Crippen LogP contribution in [0.5, 0.6) is 5.75 Å². The first kappa shape index (κ1) is 21.3. The molecule has 3 nitrogen and oxygen atoms in total. The first-order valence-electron chi connectivity index (χ1n) is 9.21. The summed E-state index contributed by atoms with van der Waals surface area (Å²) in [6.07, 6.45) is 0.998. The van der Waals surface area contributed by atoms with E-state index in [-0.39, 0.29) is 23.4 Å². The predicted octanol–water partition coefficient (Wildman–Crippen LogP) is 5.94. The minimum Gasteiger partial charge on any atom is -0.497 e. The van der Waals surface area contributed by atoms with Crippen LogP contribution in [0.2, 0.25) is 0 Å². The van der Waals surface area contributed by atoms with Gasteiger partial charge in [0.25, 0.3) is 0 Å². The van der Waals surface area contributed by atoms with Gasteiger partial charge in [-0.3, -0.25) is 9.59 Å². The van der Waals surface area contributed by atoms with Gasteiger partial charge in [-0.2, -0.15) is 0 Å². The number of ketones is 2. The van der Waals surface area contributed by atoms with Gasteiger partial charge in [0.2, 0.25) is 0 Å². The molecule has 0 saturated carbocycles. The van der Waals surface area contributed by atoms with E-state index in [1.54, 1.807) is 31.4 Å². The van der Waals surface area contributed by atoms with Crippen LogP contribution in [0.4, 0.5) is 0 Å². The van der Waals surface area contributed by atoms with Gasteiger partial charge in [-0.05, 0) is 48.3 Å². The smallest absolute Gasteiger partial charge is 0.170 e. The molecule has 0 aliphatic heterocycles. The van der Waals surface area contributed by atoms with Crippen molar-refractivity contribution in [3.05, 3.63) is 65.2 Å². The van der Waals surface area contributed by atoms with Crippen LogP contribution in [0.15, 0.2) is 48.5 Å². The molecule has 0 N–H and O–H groups in total. The van der Waals surface area contributed by atoms with E-state index in [1.807, 2.05) is 24.3 Å². The molecular weight excluding hydrogens is 355 g/mol. The van der Waals surface area contributed by atoms with Gasteiger partial charge in [0.1, 0.15) is 5.75 Å². The van der Waals surface area contributed by atoms with Crippen molar-refractivity contribution >= 4 is 20.1 Å². The second-order valence-corrected chi connectivity index (χ2v) is 9.25. The van der Waals surface area contributed by atoms with Crippen LogP contribution >= 0.6 is 8.58 Å². The average molecular weight is 384 g/mol. The van der Waals surface area contributed by atoms with Gasteiger partial charge in [0.05, 0.1) is 13.5 Å². The van der Waals surface area contributed by atoms with Crippen LogP contribution in [0.25, 0.3) is 0 Å². The Morgan fingerprint density at radius 1 is 0.926 bits per heavy atom. The Kier molecular flexibility index (Phi) is 7.33. The molecule has 4 heteroatoms. The molecule has 0 amide bonds. The summed E-state index contributed by atoms with van der Waals surface area (Å²) in [6.45, 7) is 8.98. The Labute approximate surface area is 164 Å². The van der Waals surface area contributed by atoms with Crippen molar-refractivity contribution in [2.75, 3.05) is 13.8 Å². The fraction of sp³-hybridized carbons (Fsp3) is 0.391. The minimum absolute atomic E-state index is 0.118.